The van der Waals surface area contributed by atoms with Crippen molar-refractivity contribution in [1.29, 1.82) is 0 Å². The van der Waals surface area contributed by atoms with Crippen LogP contribution in [0.2, 0.25) is 0 Å². The fourth-order valence-corrected chi connectivity index (χ4v) is 3.93. The molecule has 27 heavy (non-hydrogen) atoms. The number of carbonyl (C=O) groups is 1. The molecule has 0 spiro atoms. The van der Waals surface area contributed by atoms with Gasteiger partial charge in [0.25, 0.3) is 0 Å². The predicted molar refractivity (Wildman–Crippen MR) is 109 cm³/mol. The van der Waals surface area contributed by atoms with Gasteiger partial charge in [0.1, 0.15) is 17.1 Å². The average Bonchev–Trinajstić information content (AvgIpc) is 2.79. The number of carboxylic acids is 1. The highest BCUT2D eigenvalue weighted by Crippen LogP contribution is 2.50. The Bertz CT molecular complexity index is 747. The Morgan fingerprint density at radius 2 is 1.85 bits per heavy atom. The van der Waals surface area contributed by atoms with E-state index < -0.39 is 5.97 Å². The molecule has 1 aliphatic rings. The van der Waals surface area contributed by atoms with Crippen LogP contribution in [0.3, 0.4) is 0 Å². The first-order chi connectivity index (χ1) is 12.2. The van der Waals surface area contributed by atoms with Crippen LogP contribution < -0.4 is 4.74 Å². The number of ether oxygens (including phenoxy) is 1. The van der Waals surface area contributed by atoms with Gasteiger partial charge in [0.2, 0.25) is 0 Å². The maximum absolute atomic E-state index is 11.1. The first kappa shape index (κ1) is 21.3. The van der Waals surface area contributed by atoms with Gasteiger partial charge >= 0.3 is 5.97 Å². The zero-order chi connectivity index (χ0) is 20.6. The van der Waals surface area contributed by atoms with E-state index in [9.17, 15) is 9.90 Å². The molecule has 4 heteroatoms. The van der Waals surface area contributed by atoms with Gasteiger partial charge in [0.05, 0.1) is 0 Å². The van der Waals surface area contributed by atoms with Crippen molar-refractivity contribution in [2.45, 2.75) is 90.6 Å². The van der Waals surface area contributed by atoms with Crippen molar-refractivity contribution in [2.24, 2.45) is 0 Å². The third-order valence-corrected chi connectivity index (χ3v) is 5.17. The summed E-state index contributed by atoms with van der Waals surface area (Å²) >= 11 is 0. The van der Waals surface area contributed by atoms with E-state index in [1.807, 2.05) is 6.07 Å². The molecule has 0 radical (unpaired) electrons. The summed E-state index contributed by atoms with van der Waals surface area (Å²) in [6.45, 7) is 14.8. The number of unbranched alkanes of at least 4 members (excludes halogenated alkanes) is 1. The summed E-state index contributed by atoms with van der Waals surface area (Å²) in [5.74, 6) is 0.364. The number of carboxylic acid groups (broad SMARTS) is 1. The standard InChI is InChI=1S/C23H34O4/c1-21(2,3)16-13-17-15(19(20(16)26)22(4,5)6)14-23(7,27-17)12-10-8-9-11-18(24)25/h9,11,13,26H,8,10,12,14H2,1-7H3,(H,24,25). The van der Waals surface area contributed by atoms with Gasteiger partial charge in [0.15, 0.2) is 0 Å². The molecule has 150 valence electrons. The molecule has 0 amide bonds. The van der Waals surface area contributed by atoms with E-state index >= 15 is 0 Å². The second-order valence-electron chi connectivity index (χ2n) is 9.99. The molecule has 0 bridgehead atoms. The van der Waals surface area contributed by atoms with E-state index in [2.05, 4.69) is 48.5 Å². The van der Waals surface area contributed by atoms with Gasteiger partial charge in [-0.15, -0.1) is 0 Å². The monoisotopic (exact) mass is 374 g/mol. The molecule has 1 aromatic rings. The zero-order valence-electron chi connectivity index (χ0n) is 17.8. The Labute approximate surface area is 163 Å². The van der Waals surface area contributed by atoms with Gasteiger partial charge in [-0.2, -0.15) is 0 Å². The average molecular weight is 375 g/mol. The third-order valence-electron chi connectivity index (χ3n) is 5.17. The molecule has 2 N–H and O–H groups in total. The fraction of sp³-hybridized carbons (Fsp3) is 0.609. The zero-order valence-corrected chi connectivity index (χ0v) is 17.8. The smallest absolute Gasteiger partial charge is 0.327 e. The summed E-state index contributed by atoms with van der Waals surface area (Å²) in [6, 6.07) is 2.01. The fourth-order valence-electron chi connectivity index (χ4n) is 3.93. The highest BCUT2D eigenvalue weighted by molar-refractivity contribution is 5.79. The summed E-state index contributed by atoms with van der Waals surface area (Å²) in [4.78, 5) is 10.6. The SMILES string of the molecule is CC1(CCCC=CC(=O)O)Cc2c(cc(C(C)(C)C)c(O)c2C(C)(C)C)O1. The van der Waals surface area contributed by atoms with E-state index in [1.165, 1.54) is 6.08 Å². The highest BCUT2D eigenvalue weighted by atomic mass is 16.5. The van der Waals surface area contributed by atoms with Crippen LogP contribution in [0.15, 0.2) is 18.2 Å². The molecule has 1 atom stereocenters. The predicted octanol–water partition coefficient (Wildman–Crippen LogP) is 5.49. The topological polar surface area (TPSA) is 66.8 Å². The molecule has 2 rings (SSSR count). The highest BCUT2D eigenvalue weighted by Gasteiger charge is 2.40. The van der Waals surface area contributed by atoms with Crippen LogP contribution in [0.5, 0.6) is 11.5 Å². The number of fused-ring (bicyclic) bond motifs is 1. The Balaban J connectivity index is 2.33. The summed E-state index contributed by atoms with van der Waals surface area (Å²) in [6.07, 6.45) is 6.05. The number of aliphatic carboxylic acids is 1. The van der Waals surface area contributed by atoms with E-state index in [0.717, 1.165) is 41.7 Å². The van der Waals surface area contributed by atoms with Crippen LogP contribution in [0.25, 0.3) is 0 Å². The van der Waals surface area contributed by atoms with Gasteiger partial charge in [-0.25, -0.2) is 4.79 Å². The summed E-state index contributed by atoms with van der Waals surface area (Å²) in [5, 5.41) is 19.8. The second-order valence-corrected chi connectivity index (χ2v) is 9.99. The molecule has 0 saturated heterocycles. The molecule has 4 nitrogen and oxygen atoms in total. The summed E-state index contributed by atoms with van der Waals surface area (Å²) < 4.78 is 6.40. The number of phenols is 1. The molecule has 1 aromatic carbocycles. The molecule has 0 aromatic heterocycles. The van der Waals surface area contributed by atoms with Crippen molar-refractivity contribution in [3.8, 4) is 11.5 Å². The van der Waals surface area contributed by atoms with Crippen molar-refractivity contribution in [2.75, 3.05) is 0 Å². The Morgan fingerprint density at radius 3 is 2.37 bits per heavy atom. The molecular formula is C23H34O4. The van der Waals surface area contributed by atoms with Crippen molar-refractivity contribution in [1.82, 2.24) is 0 Å². The van der Waals surface area contributed by atoms with Crippen LogP contribution in [-0.4, -0.2) is 21.8 Å². The number of phenolic OH excluding ortho intramolecular Hbond substituents is 1. The Kier molecular flexibility index (Phi) is 5.70. The number of allylic oxidation sites excluding steroid dienone is 1. The van der Waals surface area contributed by atoms with Crippen LogP contribution in [0, 0.1) is 0 Å². The number of benzene rings is 1. The minimum atomic E-state index is -0.911. The lowest BCUT2D eigenvalue weighted by Crippen LogP contribution is -2.30. The molecule has 1 heterocycles. The van der Waals surface area contributed by atoms with E-state index in [1.54, 1.807) is 6.08 Å². The lowest BCUT2D eigenvalue weighted by molar-refractivity contribution is -0.131. The molecule has 0 fully saturated rings. The van der Waals surface area contributed by atoms with E-state index in [4.69, 9.17) is 9.84 Å². The quantitative estimate of drug-likeness (QED) is 0.528. The molecule has 1 unspecified atom stereocenters. The van der Waals surface area contributed by atoms with E-state index in [-0.39, 0.29) is 16.4 Å². The first-order valence-corrected chi connectivity index (χ1v) is 9.73. The van der Waals surface area contributed by atoms with Gasteiger partial charge in [-0.05, 0) is 43.1 Å². The number of rotatable bonds is 5. The summed E-state index contributed by atoms with van der Waals surface area (Å²) in [7, 11) is 0. The number of hydrogen-bond donors (Lipinski definition) is 2. The molecule has 1 aliphatic heterocycles. The lowest BCUT2D eigenvalue weighted by atomic mass is 9.76. The summed E-state index contributed by atoms with van der Waals surface area (Å²) in [5.41, 5.74) is 2.32. The number of aromatic hydroxyl groups is 1. The Hall–Kier alpha value is -1.97. The van der Waals surface area contributed by atoms with Crippen LogP contribution in [0.4, 0.5) is 0 Å². The second kappa shape index (κ2) is 7.21. The van der Waals surface area contributed by atoms with Crippen LogP contribution >= 0.6 is 0 Å². The largest absolute Gasteiger partial charge is 0.507 e. The maximum Gasteiger partial charge on any atom is 0.327 e. The third kappa shape index (κ3) is 4.85. The molecular weight excluding hydrogens is 340 g/mol. The maximum atomic E-state index is 11.1. The minimum Gasteiger partial charge on any atom is -0.507 e. The molecule has 0 aliphatic carbocycles. The lowest BCUT2D eigenvalue weighted by Gasteiger charge is -2.29. The van der Waals surface area contributed by atoms with Gasteiger partial charge in [-0.3, -0.25) is 0 Å². The van der Waals surface area contributed by atoms with Gasteiger partial charge in [0, 0.05) is 29.2 Å². The minimum absolute atomic E-state index is 0.177. The van der Waals surface area contributed by atoms with Gasteiger partial charge < -0.3 is 14.9 Å². The number of hydrogen-bond acceptors (Lipinski definition) is 3. The first-order valence-electron chi connectivity index (χ1n) is 9.73. The Morgan fingerprint density at radius 1 is 1.22 bits per heavy atom. The van der Waals surface area contributed by atoms with Crippen molar-refractivity contribution in [3.05, 3.63) is 34.9 Å². The van der Waals surface area contributed by atoms with Crippen molar-refractivity contribution >= 4 is 5.97 Å². The van der Waals surface area contributed by atoms with E-state index in [0.29, 0.717) is 12.2 Å². The normalized spacial score (nSPS) is 20.0. The van der Waals surface area contributed by atoms with Gasteiger partial charge in [-0.1, -0.05) is 47.6 Å². The molecule has 0 saturated carbocycles. The van der Waals surface area contributed by atoms with Crippen molar-refractivity contribution in [3.63, 3.8) is 0 Å². The van der Waals surface area contributed by atoms with Crippen LogP contribution in [-0.2, 0) is 22.0 Å². The van der Waals surface area contributed by atoms with Crippen molar-refractivity contribution < 1.29 is 19.7 Å². The van der Waals surface area contributed by atoms with Crippen LogP contribution in [0.1, 0.15) is 84.4 Å².